The van der Waals surface area contributed by atoms with E-state index in [1.807, 2.05) is 0 Å². The highest BCUT2D eigenvalue weighted by atomic mass is 32.1. The second-order valence-electron chi connectivity index (χ2n) is 5.25. The van der Waals surface area contributed by atoms with Crippen molar-refractivity contribution in [3.63, 3.8) is 0 Å². The molecule has 2 heterocycles. The van der Waals surface area contributed by atoms with Crippen LogP contribution in [0.2, 0.25) is 0 Å². The van der Waals surface area contributed by atoms with Gasteiger partial charge in [-0.2, -0.15) is 0 Å². The molecule has 96 valence electrons. The molecule has 2 aliphatic heterocycles. The summed E-state index contributed by atoms with van der Waals surface area (Å²) in [6.45, 7) is 3.30. The molecular formula is C14H19N3S. The summed E-state index contributed by atoms with van der Waals surface area (Å²) in [5.74, 6) is 0. The van der Waals surface area contributed by atoms with Gasteiger partial charge in [0.05, 0.1) is 0 Å². The molecule has 1 N–H and O–H groups in total. The van der Waals surface area contributed by atoms with Crippen LogP contribution in [-0.2, 0) is 6.54 Å². The molecule has 2 aliphatic rings. The van der Waals surface area contributed by atoms with Crippen molar-refractivity contribution in [2.75, 3.05) is 25.5 Å². The van der Waals surface area contributed by atoms with Crippen molar-refractivity contribution in [2.45, 2.75) is 25.4 Å². The lowest BCUT2D eigenvalue weighted by Gasteiger charge is -2.41. The third kappa shape index (κ3) is 2.22. The van der Waals surface area contributed by atoms with Crippen LogP contribution in [0.3, 0.4) is 0 Å². The minimum atomic E-state index is 0.592. The Kier molecular flexibility index (Phi) is 3.22. The molecule has 0 aliphatic carbocycles. The van der Waals surface area contributed by atoms with Crippen molar-refractivity contribution in [2.24, 2.45) is 0 Å². The lowest BCUT2D eigenvalue weighted by atomic mass is 10.0. The minimum absolute atomic E-state index is 0.592. The van der Waals surface area contributed by atoms with E-state index < -0.39 is 0 Å². The summed E-state index contributed by atoms with van der Waals surface area (Å²) in [6, 6.07) is 9.04. The molecule has 0 saturated carbocycles. The van der Waals surface area contributed by atoms with E-state index in [1.54, 1.807) is 0 Å². The van der Waals surface area contributed by atoms with E-state index >= 15 is 0 Å². The Morgan fingerprint density at radius 1 is 1.22 bits per heavy atom. The van der Waals surface area contributed by atoms with E-state index in [2.05, 4.69) is 46.4 Å². The highest BCUT2D eigenvalue weighted by Crippen LogP contribution is 2.27. The number of piperidine rings is 1. The number of anilines is 1. The van der Waals surface area contributed by atoms with Gasteiger partial charge in [-0.1, -0.05) is 18.2 Å². The van der Waals surface area contributed by atoms with Crippen molar-refractivity contribution in [3.05, 3.63) is 29.8 Å². The molecule has 1 fully saturated rings. The molecule has 0 aromatic heterocycles. The number of nitrogens with zero attached hydrogens (tertiary/aromatic N) is 2. The van der Waals surface area contributed by atoms with Gasteiger partial charge in [0.25, 0.3) is 0 Å². The summed E-state index contributed by atoms with van der Waals surface area (Å²) in [5, 5.41) is 4.25. The fraction of sp³-hybridized carbons (Fsp3) is 0.500. The van der Waals surface area contributed by atoms with Gasteiger partial charge >= 0.3 is 0 Å². The Balaban J connectivity index is 1.76. The van der Waals surface area contributed by atoms with Gasteiger partial charge in [-0.05, 0) is 56.8 Å². The molecule has 4 heteroatoms. The second kappa shape index (κ2) is 4.86. The Hall–Kier alpha value is -1.13. The first-order valence-corrected chi connectivity index (χ1v) is 6.99. The number of rotatable bonds is 1. The van der Waals surface area contributed by atoms with Crippen LogP contribution in [0.4, 0.5) is 5.69 Å². The number of nitrogens with one attached hydrogen (secondary N) is 1. The average Bonchev–Trinajstić information content (AvgIpc) is 2.39. The Bertz CT molecular complexity index is 452. The Morgan fingerprint density at radius 2 is 1.94 bits per heavy atom. The third-order valence-corrected chi connectivity index (χ3v) is 4.33. The van der Waals surface area contributed by atoms with Crippen LogP contribution < -0.4 is 5.32 Å². The van der Waals surface area contributed by atoms with E-state index in [1.165, 1.54) is 37.2 Å². The van der Waals surface area contributed by atoms with E-state index in [4.69, 9.17) is 12.2 Å². The maximum absolute atomic E-state index is 5.51. The Morgan fingerprint density at radius 3 is 2.72 bits per heavy atom. The first kappa shape index (κ1) is 11.9. The summed E-state index contributed by atoms with van der Waals surface area (Å²) in [5.41, 5.74) is 2.52. The highest BCUT2D eigenvalue weighted by Gasteiger charge is 2.28. The van der Waals surface area contributed by atoms with E-state index in [9.17, 15) is 0 Å². The first-order valence-electron chi connectivity index (χ1n) is 6.58. The fourth-order valence-corrected chi connectivity index (χ4v) is 3.15. The molecule has 0 spiro atoms. The van der Waals surface area contributed by atoms with Gasteiger partial charge in [-0.15, -0.1) is 0 Å². The summed E-state index contributed by atoms with van der Waals surface area (Å²) in [7, 11) is 2.19. The first-order chi connectivity index (χ1) is 8.74. The van der Waals surface area contributed by atoms with Crippen LogP contribution in [0, 0.1) is 0 Å². The number of hydrogen-bond acceptors (Lipinski definition) is 2. The van der Waals surface area contributed by atoms with Crippen LogP contribution in [0.15, 0.2) is 24.3 Å². The molecule has 0 bridgehead atoms. The molecule has 0 radical (unpaired) electrons. The molecule has 3 rings (SSSR count). The molecule has 1 saturated heterocycles. The monoisotopic (exact) mass is 261 g/mol. The number of benzene rings is 1. The van der Waals surface area contributed by atoms with Gasteiger partial charge in [0, 0.05) is 18.3 Å². The van der Waals surface area contributed by atoms with Crippen LogP contribution in [-0.4, -0.2) is 41.1 Å². The molecule has 0 atom stereocenters. The smallest absolute Gasteiger partial charge is 0.173 e. The van der Waals surface area contributed by atoms with Crippen molar-refractivity contribution in [1.29, 1.82) is 0 Å². The van der Waals surface area contributed by atoms with Gasteiger partial charge < -0.3 is 15.1 Å². The van der Waals surface area contributed by atoms with Crippen molar-refractivity contribution < 1.29 is 0 Å². The van der Waals surface area contributed by atoms with Gasteiger partial charge in [-0.3, -0.25) is 0 Å². The molecule has 3 nitrogen and oxygen atoms in total. The zero-order chi connectivity index (χ0) is 12.5. The number of hydrogen-bond donors (Lipinski definition) is 1. The van der Waals surface area contributed by atoms with Crippen LogP contribution in [0.5, 0.6) is 0 Å². The topological polar surface area (TPSA) is 18.5 Å². The number of fused-ring (bicyclic) bond motifs is 1. The predicted octanol–water partition coefficient (Wildman–Crippen LogP) is 2.29. The lowest BCUT2D eigenvalue weighted by molar-refractivity contribution is 0.172. The minimum Gasteiger partial charge on any atom is -0.342 e. The zero-order valence-electron chi connectivity index (χ0n) is 10.7. The van der Waals surface area contributed by atoms with E-state index in [0.29, 0.717) is 6.04 Å². The quantitative estimate of drug-likeness (QED) is 0.782. The fourth-order valence-electron chi connectivity index (χ4n) is 2.82. The maximum atomic E-state index is 5.51. The van der Waals surface area contributed by atoms with Crippen molar-refractivity contribution >= 4 is 23.0 Å². The predicted molar refractivity (Wildman–Crippen MR) is 78.7 cm³/mol. The van der Waals surface area contributed by atoms with Crippen molar-refractivity contribution in [1.82, 2.24) is 9.80 Å². The highest BCUT2D eigenvalue weighted by molar-refractivity contribution is 7.80. The zero-order valence-corrected chi connectivity index (χ0v) is 11.5. The average molecular weight is 261 g/mol. The number of likely N-dealkylation sites (tertiary alicyclic amines) is 1. The lowest BCUT2D eigenvalue weighted by Crippen LogP contribution is -2.49. The summed E-state index contributed by atoms with van der Waals surface area (Å²) < 4.78 is 0. The van der Waals surface area contributed by atoms with Gasteiger partial charge in [0.15, 0.2) is 5.11 Å². The number of thiocarbonyl (C=S) groups is 1. The van der Waals surface area contributed by atoms with Gasteiger partial charge in [-0.25, -0.2) is 0 Å². The van der Waals surface area contributed by atoms with Crippen molar-refractivity contribution in [3.8, 4) is 0 Å². The SMILES string of the molecule is CN1CCC(N2Cc3ccccc3NC2=S)CC1. The molecular weight excluding hydrogens is 242 g/mol. The summed E-state index contributed by atoms with van der Waals surface area (Å²) in [4.78, 5) is 4.76. The Labute approximate surface area is 114 Å². The maximum Gasteiger partial charge on any atom is 0.173 e. The normalized spacial score (nSPS) is 21.6. The van der Waals surface area contributed by atoms with Crippen LogP contribution in [0.25, 0.3) is 0 Å². The molecule has 18 heavy (non-hydrogen) atoms. The molecule has 1 aromatic carbocycles. The second-order valence-corrected chi connectivity index (χ2v) is 5.64. The standard InChI is InChI=1S/C14H19N3S/c1-16-8-6-12(7-9-16)17-10-11-4-2-3-5-13(11)15-14(17)18/h2-5,12H,6-10H2,1H3,(H,15,18). The molecule has 0 amide bonds. The van der Waals surface area contributed by atoms with E-state index in [-0.39, 0.29) is 0 Å². The van der Waals surface area contributed by atoms with Crippen LogP contribution in [0.1, 0.15) is 18.4 Å². The molecule has 0 unspecified atom stereocenters. The van der Waals surface area contributed by atoms with E-state index in [0.717, 1.165) is 11.7 Å². The third-order valence-electron chi connectivity index (χ3n) is 3.99. The largest absolute Gasteiger partial charge is 0.342 e. The summed E-state index contributed by atoms with van der Waals surface area (Å²) in [6.07, 6.45) is 2.42. The number of para-hydroxylation sites is 1. The summed E-state index contributed by atoms with van der Waals surface area (Å²) >= 11 is 5.51. The molecule has 1 aromatic rings. The van der Waals surface area contributed by atoms with Crippen LogP contribution >= 0.6 is 12.2 Å². The van der Waals surface area contributed by atoms with Gasteiger partial charge in [0.2, 0.25) is 0 Å². The van der Waals surface area contributed by atoms with Gasteiger partial charge in [0.1, 0.15) is 0 Å².